The SMILES string of the molecule is O=C(N/N=C/c1c2ccccc2cc2ccccc12)c1cc(-c2ccc3ccccc3c2)n[nH]1. The lowest BCUT2D eigenvalue weighted by Gasteiger charge is -2.07. The van der Waals surface area contributed by atoms with Gasteiger partial charge in [-0.2, -0.15) is 10.2 Å². The Morgan fingerprint density at radius 2 is 1.38 bits per heavy atom. The Kier molecular flexibility index (Phi) is 4.85. The summed E-state index contributed by atoms with van der Waals surface area (Å²) in [5.74, 6) is -0.347. The molecule has 0 bridgehead atoms. The fraction of sp³-hybridized carbons (Fsp3) is 0. The lowest BCUT2D eigenvalue weighted by molar-refractivity contribution is 0.0950. The fourth-order valence-corrected chi connectivity index (χ4v) is 4.34. The van der Waals surface area contributed by atoms with Crippen LogP contribution in [0.15, 0.2) is 108 Å². The quantitative estimate of drug-likeness (QED) is 0.192. The third-order valence-electron chi connectivity index (χ3n) is 6.04. The first kappa shape index (κ1) is 19.9. The molecule has 2 N–H and O–H groups in total. The number of benzene rings is 5. The number of carbonyl (C=O) groups is 1. The van der Waals surface area contributed by atoms with Crippen LogP contribution in [0.1, 0.15) is 16.1 Å². The standard InChI is InChI=1S/C29H20N4O/c34-29(28-17-27(31-32-28)23-14-13-19-7-1-2-8-20(19)15-23)33-30-18-26-24-11-5-3-9-21(24)16-22-10-4-6-12-25(22)26/h1-18H,(H,31,32)(H,33,34)/b30-18+. The Hall–Kier alpha value is -4.77. The zero-order chi connectivity index (χ0) is 22.9. The second-order valence-corrected chi connectivity index (χ2v) is 8.16. The molecule has 0 aliphatic rings. The van der Waals surface area contributed by atoms with E-state index in [0.717, 1.165) is 43.4 Å². The number of hydrazone groups is 1. The van der Waals surface area contributed by atoms with Crippen LogP contribution in [0.4, 0.5) is 0 Å². The zero-order valence-corrected chi connectivity index (χ0v) is 18.2. The lowest BCUT2D eigenvalue weighted by Crippen LogP contribution is -2.18. The number of amides is 1. The summed E-state index contributed by atoms with van der Waals surface area (Å²) in [5, 5.41) is 18.1. The maximum Gasteiger partial charge on any atom is 0.289 e. The molecule has 0 atom stereocenters. The summed E-state index contributed by atoms with van der Waals surface area (Å²) < 4.78 is 0. The molecule has 1 amide bonds. The van der Waals surface area contributed by atoms with Crippen molar-refractivity contribution in [2.24, 2.45) is 5.10 Å². The molecule has 0 aliphatic heterocycles. The number of aromatic amines is 1. The molecule has 5 aromatic carbocycles. The van der Waals surface area contributed by atoms with Crippen molar-refractivity contribution in [3.63, 3.8) is 0 Å². The molecule has 0 saturated heterocycles. The van der Waals surface area contributed by atoms with Crippen LogP contribution >= 0.6 is 0 Å². The first-order chi connectivity index (χ1) is 16.8. The highest BCUT2D eigenvalue weighted by Crippen LogP contribution is 2.27. The molecule has 0 radical (unpaired) electrons. The van der Waals surface area contributed by atoms with Crippen molar-refractivity contribution in [3.05, 3.63) is 114 Å². The number of rotatable bonds is 4. The van der Waals surface area contributed by atoms with Gasteiger partial charge in [0.25, 0.3) is 5.91 Å². The van der Waals surface area contributed by atoms with Gasteiger partial charge in [0.15, 0.2) is 0 Å². The molecule has 6 aromatic rings. The Morgan fingerprint density at radius 3 is 2.12 bits per heavy atom. The van der Waals surface area contributed by atoms with E-state index < -0.39 is 0 Å². The Labute approximate surface area is 195 Å². The molecule has 1 heterocycles. The van der Waals surface area contributed by atoms with E-state index in [0.29, 0.717) is 11.4 Å². The number of carbonyl (C=O) groups excluding carboxylic acids is 1. The minimum atomic E-state index is -0.347. The van der Waals surface area contributed by atoms with Gasteiger partial charge in [-0.3, -0.25) is 9.89 Å². The molecule has 162 valence electrons. The average molecular weight is 441 g/mol. The summed E-state index contributed by atoms with van der Waals surface area (Å²) in [6.07, 6.45) is 1.71. The third-order valence-corrected chi connectivity index (χ3v) is 6.04. The van der Waals surface area contributed by atoms with E-state index in [1.165, 1.54) is 0 Å². The van der Waals surface area contributed by atoms with E-state index in [1.54, 1.807) is 12.3 Å². The largest absolute Gasteiger partial charge is 0.289 e. The van der Waals surface area contributed by atoms with Crippen molar-refractivity contribution < 1.29 is 4.79 Å². The zero-order valence-electron chi connectivity index (χ0n) is 18.2. The van der Waals surface area contributed by atoms with Gasteiger partial charge in [0.05, 0.1) is 11.9 Å². The van der Waals surface area contributed by atoms with E-state index in [2.05, 4.69) is 75.3 Å². The van der Waals surface area contributed by atoms with Crippen molar-refractivity contribution in [2.45, 2.75) is 0 Å². The van der Waals surface area contributed by atoms with E-state index >= 15 is 0 Å². The maximum absolute atomic E-state index is 12.7. The average Bonchev–Trinajstić information content (AvgIpc) is 3.38. The highest BCUT2D eigenvalue weighted by molar-refractivity contribution is 6.13. The van der Waals surface area contributed by atoms with Gasteiger partial charge in [0.1, 0.15) is 5.69 Å². The summed E-state index contributed by atoms with van der Waals surface area (Å²) in [6, 6.07) is 34.5. The van der Waals surface area contributed by atoms with Crippen molar-refractivity contribution in [1.29, 1.82) is 0 Å². The van der Waals surface area contributed by atoms with Crippen LogP contribution in [0.25, 0.3) is 43.6 Å². The maximum atomic E-state index is 12.7. The monoisotopic (exact) mass is 440 g/mol. The molecule has 5 heteroatoms. The van der Waals surface area contributed by atoms with Crippen molar-refractivity contribution in [2.75, 3.05) is 0 Å². The first-order valence-corrected chi connectivity index (χ1v) is 11.0. The van der Waals surface area contributed by atoms with Crippen LogP contribution in [-0.2, 0) is 0 Å². The summed E-state index contributed by atoms with van der Waals surface area (Å²) in [4.78, 5) is 12.7. The Balaban J connectivity index is 1.27. The first-order valence-electron chi connectivity index (χ1n) is 11.0. The molecular formula is C29H20N4O. The van der Waals surface area contributed by atoms with Gasteiger partial charge < -0.3 is 0 Å². The van der Waals surface area contributed by atoms with E-state index in [1.807, 2.05) is 42.5 Å². The molecule has 0 aliphatic carbocycles. The third kappa shape index (κ3) is 3.59. The molecule has 5 nitrogen and oxygen atoms in total. The number of H-pyrrole nitrogens is 1. The van der Waals surface area contributed by atoms with E-state index in [4.69, 9.17) is 0 Å². The number of fused-ring (bicyclic) bond motifs is 3. The predicted molar refractivity (Wildman–Crippen MR) is 138 cm³/mol. The van der Waals surface area contributed by atoms with Crippen LogP contribution in [0.2, 0.25) is 0 Å². The van der Waals surface area contributed by atoms with Crippen LogP contribution < -0.4 is 5.43 Å². The van der Waals surface area contributed by atoms with Crippen molar-refractivity contribution >= 4 is 44.4 Å². The van der Waals surface area contributed by atoms with Gasteiger partial charge in [-0.25, -0.2) is 5.43 Å². The van der Waals surface area contributed by atoms with Crippen molar-refractivity contribution in [1.82, 2.24) is 15.6 Å². The van der Waals surface area contributed by atoms with Crippen LogP contribution in [-0.4, -0.2) is 22.3 Å². The molecule has 0 spiro atoms. The number of aromatic nitrogens is 2. The molecule has 0 fully saturated rings. The lowest BCUT2D eigenvalue weighted by atomic mass is 9.97. The van der Waals surface area contributed by atoms with Gasteiger partial charge in [0, 0.05) is 11.1 Å². The highest BCUT2D eigenvalue weighted by Gasteiger charge is 2.11. The fourth-order valence-electron chi connectivity index (χ4n) is 4.34. The molecule has 1 aromatic heterocycles. The molecule has 0 saturated carbocycles. The smallest absolute Gasteiger partial charge is 0.272 e. The van der Waals surface area contributed by atoms with Crippen LogP contribution in [0.5, 0.6) is 0 Å². The summed E-state index contributed by atoms with van der Waals surface area (Å²) in [5.41, 5.74) is 5.60. The minimum Gasteiger partial charge on any atom is -0.272 e. The number of hydrogen-bond donors (Lipinski definition) is 2. The number of nitrogens with one attached hydrogen (secondary N) is 2. The second-order valence-electron chi connectivity index (χ2n) is 8.16. The minimum absolute atomic E-state index is 0.347. The molecule has 6 rings (SSSR count). The summed E-state index contributed by atoms with van der Waals surface area (Å²) >= 11 is 0. The number of nitrogens with zero attached hydrogens (tertiary/aromatic N) is 2. The summed E-state index contributed by atoms with van der Waals surface area (Å²) in [7, 11) is 0. The van der Waals surface area contributed by atoms with Gasteiger partial charge in [-0.15, -0.1) is 0 Å². The van der Waals surface area contributed by atoms with Gasteiger partial charge >= 0.3 is 0 Å². The number of hydrogen-bond acceptors (Lipinski definition) is 3. The van der Waals surface area contributed by atoms with Crippen LogP contribution in [0, 0.1) is 0 Å². The molecule has 0 unspecified atom stereocenters. The Morgan fingerprint density at radius 1 is 0.735 bits per heavy atom. The Bertz CT molecular complexity index is 1660. The van der Waals surface area contributed by atoms with Gasteiger partial charge in [0.2, 0.25) is 0 Å². The normalized spacial score (nSPS) is 11.5. The second kappa shape index (κ2) is 8.30. The van der Waals surface area contributed by atoms with Crippen molar-refractivity contribution in [3.8, 4) is 11.3 Å². The topological polar surface area (TPSA) is 70.1 Å². The van der Waals surface area contributed by atoms with E-state index in [9.17, 15) is 4.79 Å². The molecular weight excluding hydrogens is 420 g/mol. The highest BCUT2D eigenvalue weighted by atomic mass is 16.2. The molecule has 34 heavy (non-hydrogen) atoms. The summed E-state index contributed by atoms with van der Waals surface area (Å²) in [6.45, 7) is 0. The van der Waals surface area contributed by atoms with E-state index in [-0.39, 0.29) is 5.91 Å². The predicted octanol–water partition coefficient (Wildman–Crippen LogP) is 6.30. The van der Waals surface area contributed by atoms with Gasteiger partial charge in [-0.05, 0) is 50.5 Å². The van der Waals surface area contributed by atoms with Crippen LogP contribution in [0.3, 0.4) is 0 Å². The van der Waals surface area contributed by atoms with Gasteiger partial charge in [-0.1, -0.05) is 84.9 Å².